The first-order valence-electron chi connectivity index (χ1n) is 5.83. The summed E-state index contributed by atoms with van der Waals surface area (Å²) in [4.78, 5) is 5.17. The number of nitrogens with zero attached hydrogens (tertiary/aromatic N) is 1. The molecule has 0 bridgehead atoms. The maximum absolute atomic E-state index is 6.22. The zero-order chi connectivity index (χ0) is 13.2. The summed E-state index contributed by atoms with van der Waals surface area (Å²) >= 11 is 7.81. The van der Waals surface area contributed by atoms with E-state index in [1.165, 1.54) is 0 Å². The topological polar surface area (TPSA) is 50.9 Å². The summed E-state index contributed by atoms with van der Waals surface area (Å²) in [5.41, 5.74) is 3.96. The molecule has 96 valence electrons. The number of hydrazine groups is 1. The monoisotopic (exact) mass is 289 g/mol. The molecule has 3 nitrogen and oxygen atoms in total. The number of nitrogens with two attached hydrogens (primary N) is 1. The van der Waals surface area contributed by atoms with Crippen LogP contribution in [0.2, 0.25) is 5.02 Å². The van der Waals surface area contributed by atoms with Crippen LogP contribution >= 0.6 is 22.9 Å². The highest BCUT2D eigenvalue weighted by Gasteiger charge is 2.18. The van der Waals surface area contributed by atoms with E-state index in [4.69, 9.17) is 17.4 Å². The number of aromatic nitrogens is 1. The van der Waals surface area contributed by atoms with Crippen molar-refractivity contribution in [1.29, 1.82) is 0 Å². The lowest BCUT2D eigenvalue weighted by Gasteiger charge is -2.17. The Morgan fingerprint density at radius 1 is 1.26 bits per heavy atom. The van der Waals surface area contributed by atoms with Gasteiger partial charge in [0.25, 0.3) is 0 Å². The molecule has 5 heteroatoms. The molecule has 0 aliphatic carbocycles. The molecule has 2 heterocycles. The average Bonchev–Trinajstić information content (AvgIpc) is 2.86. The van der Waals surface area contributed by atoms with Crippen LogP contribution in [-0.2, 0) is 0 Å². The standard InChI is InChI=1S/C14H12ClN3S/c15-12-5-7-19-14(12)13(18-16)11-3-1-2-9-8-17-6-4-10(9)11/h1-8,13,18H,16H2. The number of benzene rings is 1. The van der Waals surface area contributed by atoms with E-state index < -0.39 is 0 Å². The van der Waals surface area contributed by atoms with Gasteiger partial charge in [0, 0.05) is 22.7 Å². The van der Waals surface area contributed by atoms with Crippen LogP contribution in [0, 0.1) is 0 Å². The molecule has 0 fully saturated rings. The molecule has 3 aromatic rings. The van der Waals surface area contributed by atoms with E-state index in [2.05, 4.69) is 16.5 Å². The maximum atomic E-state index is 6.22. The Morgan fingerprint density at radius 3 is 2.89 bits per heavy atom. The number of fused-ring (bicyclic) bond motifs is 1. The minimum absolute atomic E-state index is 0.112. The quantitative estimate of drug-likeness (QED) is 0.573. The maximum Gasteiger partial charge on any atom is 0.0823 e. The molecule has 0 aliphatic heterocycles. The SMILES string of the molecule is NNC(c1sccc1Cl)c1cccc2cnccc12. The van der Waals surface area contributed by atoms with Gasteiger partial charge in [0.1, 0.15) is 0 Å². The van der Waals surface area contributed by atoms with E-state index in [-0.39, 0.29) is 6.04 Å². The number of hydrogen-bond donors (Lipinski definition) is 2. The molecule has 0 amide bonds. The van der Waals surface area contributed by atoms with Gasteiger partial charge in [0.2, 0.25) is 0 Å². The number of thiophene rings is 1. The Kier molecular flexibility index (Phi) is 3.48. The van der Waals surface area contributed by atoms with Crippen molar-refractivity contribution in [1.82, 2.24) is 10.4 Å². The Bertz CT molecular complexity index is 705. The van der Waals surface area contributed by atoms with Crippen molar-refractivity contribution in [3.05, 3.63) is 63.6 Å². The van der Waals surface area contributed by atoms with Gasteiger partial charge in [-0.3, -0.25) is 10.8 Å². The van der Waals surface area contributed by atoms with Crippen LogP contribution < -0.4 is 11.3 Å². The smallest absolute Gasteiger partial charge is 0.0823 e. The predicted molar refractivity (Wildman–Crippen MR) is 80.2 cm³/mol. The Balaban J connectivity index is 2.20. The molecule has 3 rings (SSSR count). The fourth-order valence-corrected chi connectivity index (χ4v) is 3.46. The summed E-state index contributed by atoms with van der Waals surface area (Å²) in [6, 6.07) is 9.87. The molecule has 1 aromatic carbocycles. The van der Waals surface area contributed by atoms with Crippen LogP contribution in [-0.4, -0.2) is 4.98 Å². The second kappa shape index (κ2) is 5.27. The van der Waals surface area contributed by atoms with Crippen molar-refractivity contribution < 1.29 is 0 Å². The molecule has 1 atom stereocenters. The minimum atomic E-state index is -0.112. The van der Waals surface area contributed by atoms with Gasteiger partial charge in [0.15, 0.2) is 0 Å². The van der Waals surface area contributed by atoms with Gasteiger partial charge in [-0.1, -0.05) is 29.8 Å². The van der Waals surface area contributed by atoms with Gasteiger partial charge in [-0.2, -0.15) is 0 Å². The highest BCUT2D eigenvalue weighted by Crippen LogP contribution is 2.35. The second-order valence-corrected chi connectivity index (χ2v) is 5.53. The number of nitrogens with one attached hydrogen (secondary N) is 1. The molecule has 3 N–H and O–H groups in total. The molecule has 19 heavy (non-hydrogen) atoms. The van der Waals surface area contributed by atoms with E-state index in [9.17, 15) is 0 Å². The number of hydrogen-bond acceptors (Lipinski definition) is 4. The first-order valence-corrected chi connectivity index (χ1v) is 7.08. The number of halogens is 1. The molecule has 0 saturated carbocycles. The zero-order valence-electron chi connectivity index (χ0n) is 10.0. The summed E-state index contributed by atoms with van der Waals surface area (Å²) in [5, 5.41) is 4.92. The molecule has 0 radical (unpaired) electrons. The van der Waals surface area contributed by atoms with E-state index in [0.29, 0.717) is 0 Å². The molecule has 0 aliphatic rings. The minimum Gasteiger partial charge on any atom is -0.271 e. The lowest BCUT2D eigenvalue weighted by atomic mass is 9.99. The molecule has 2 aromatic heterocycles. The fraction of sp³-hybridized carbons (Fsp3) is 0.0714. The summed E-state index contributed by atoms with van der Waals surface area (Å²) in [5.74, 6) is 5.74. The van der Waals surface area contributed by atoms with Crippen LogP contribution in [0.25, 0.3) is 10.8 Å². The van der Waals surface area contributed by atoms with E-state index in [0.717, 1.165) is 26.2 Å². The third-order valence-electron chi connectivity index (χ3n) is 3.10. The van der Waals surface area contributed by atoms with Gasteiger partial charge in [-0.15, -0.1) is 11.3 Å². The Labute approximate surface area is 120 Å². The molecule has 1 unspecified atom stereocenters. The third-order valence-corrected chi connectivity index (χ3v) is 4.52. The van der Waals surface area contributed by atoms with Gasteiger partial charge in [-0.05, 0) is 28.5 Å². The van der Waals surface area contributed by atoms with Crippen LogP contribution in [0.5, 0.6) is 0 Å². The first kappa shape index (κ1) is 12.6. The van der Waals surface area contributed by atoms with Crippen molar-refractivity contribution in [3.8, 4) is 0 Å². The van der Waals surface area contributed by atoms with Crippen molar-refractivity contribution in [3.63, 3.8) is 0 Å². The van der Waals surface area contributed by atoms with Crippen molar-refractivity contribution in [2.75, 3.05) is 0 Å². The van der Waals surface area contributed by atoms with Crippen molar-refractivity contribution >= 4 is 33.7 Å². The molecule has 0 spiro atoms. The van der Waals surface area contributed by atoms with E-state index in [1.54, 1.807) is 17.5 Å². The Morgan fingerprint density at radius 2 is 2.16 bits per heavy atom. The normalized spacial score (nSPS) is 12.7. The summed E-state index contributed by atoms with van der Waals surface area (Å²) in [6.07, 6.45) is 3.64. The average molecular weight is 290 g/mol. The number of rotatable bonds is 3. The summed E-state index contributed by atoms with van der Waals surface area (Å²) in [6.45, 7) is 0. The third kappa shape index (κ3) is 2.24. The lowest BCUT2D eigenvalue weighted by molar-refractivity contribution is 0.651. The first-order chi connectivity index (χ1) is 9.31. The largest absolute Gasteiger partial charge is 0.271 e. The van der Waals surface area contributed by atoms with E-state index in [1.807, 2.05) is 35.8 Å². The summed E-state index contributed by atoms with van der Waals surface area (Å²) < 4.78 is 0. The summed E-state index contributed by atoms with van der Waals surface area (Å²) in [7, 11) is 0. The van der Waals surface area contributed by atoms with Crippen LogP contribution in [0.15, 0.2) is 48.1 Å². The van der Waals surface area contributed by atoms with Gasteiger partial charge < -0.3 is 0 Å². The highest BCUT2D eigenvalue weighted by atomic mass is 35.5. The predicted octanol–water partition coefficient (Wildman–Crippen LogP) is 3.50. The second-order valence-electron chi connectivity index (χ2n) is 4.18. The van der Waals surface area contributed by atoms with Crippen LogP contribution in [0.3, 0.4) is 0 Å². The zero-order valence-corrected chi connectivity index (χ0v) is 11.6. The van der Waals surface area contributed by atoms with Crippen molar-refractivity contribution in [2.24, 2.45) is 5.84 Å². The Hall–Kier alpha value is -1.46. The highest BCUT2D eigenvalue weighted by molar-refractivity contribution is 7.10. The molecular formula is C14H12ClN3S. The molecular weight excluding hydrogens is 278 g/mol. The number of pyridine rings is 1. The lowest BCUT2D eigenvalue weighted by Crippen LogP contribution is -2.28. The fourth-order valence-electron chi connectivity index (χ4n) is 2.22. The van der Waals surface area contributed by atoms with Gasteiger partial charge in [0.05, 0.1) is 11.1 Å². The van der Waals surface area contributed by atoms with E-state index >= 15 is 0 Å². The van der Waals surface area contributed by atoms with Crippen LogP contribution in [0.1, 0.15) is 16.5 Å². The van der Waals surface area contributed by atoms with Crippen molar-refractivity contribution in [2.45, 2.75) is 6.04 Å². The van der Waals surface area contributed by atoms with Gasteiger partial charge in [-0.25, -0.2) is 5.43 Å². The molecule has 0 saturated heterocycles. The van der Waals surface area contributed by atoms with Crippen LogP contribution in [0.4, 0.5) is 0 Å². The van der Waals surface area contributed by atoms with Gasteiger partial charge >= 0.3 is 0 Å².